The smallest absolute Gasteiger partial charge is 0.323 e. The molecule has 2 heterocycles. The molecule has 0 radical (unpaired) electrons. The molecule has 0 saturated heterocycles. The number of fused-ring (bicyclic) bond motifs is 1. The van der Waals surface area contributed by atoms with Gasteiger partial charge in [0.2, 0.25) is 0 Å². The number of ether oxygens (including phenoxy) is 3. The Morgan fingerprint density at radius 3 is 2.84 bits per heavy atom. The molecule has 7 nitrogen and oxygen atoms in total. The predicted octanol–water partition coefficient (Wildman–Crippen LogP) is 1.64. The van der Waals surface area contributed by atoms with Crippen LogP contribution < -0.4 is 14.8 Å². The highest BCUT2D eigenvalue weighted by Gasteiger charge is 2.29. The van der Waals surface area contributed by atoms with Crippen molar-refractivity contribution in [1.29, 1.82) is 0 Å². The van der Waals surface area contributed by atoms with Crippen LogP contribution in [-0.4, -0.2) is 35.7 Å². The van der Waals surface area contributed by atoms with Gasteiger partial charge in [-0.2, -0.15) is 0 Å². The van der Waals surface area contributed by atoms with Crippen molar-refractivity contribution < 1.29 is 19.0 Å². The summed E-state index contributed by atoms with van der Waals surface area (Å²) in [6, 6.07) is 5.21. The van der Waals surface area contributed by atoms with Crippen LogP contribution in [0.4, 0.5) is 0 Å². The van der Waals surface area contributed by atoms with Gasteiger partial charge >= 0.3 is 5.97 Å². The van der Waals surface area contributed by atoms with Crippen LogP contribution in [0.15, 0.2) is 30.6 Å². The molecule has 25 heavy (non-hydrogen) atoms. The molecule has 2 aromatic rings. The van der Waals surface area contributed by atoms with E-state index in [-0.39, 0.29) is 12.6 Å². The zero-order valence-corrected chi connectivity index (χ0v) is 14.3. The molecule has 132 valence electrons. The van der Waals surface area contributed by atoms with Gasteiger partial charge in [-0.1, -0.05) is 6.07 Å². The Balaban J connectivity index is 1.85. The summed E-state index contributed by atoms with van der Waals surface area (Å²) in [5.74, 6) is 1.58. The second-order valence-corrected chi connectivity index (χ2v) is 5.58. The Bertz CT molecular complexity index is 737. The van der Waals surface area contributed by atoms with E-state index in [0.717, 1.165) is 11.1 Å². The van der Waals surface area contributed by atoms with Crippen molar-refractivity contribution >= 4 is 5.97 Å². The van der Waals surface area contributed by atoms with Crippen LogP contribution in [0, 0.1) is 0 Å². The van der Waals surface area contributed by atoms with E-state index in [9.17, 15) is 4.79 Å². The van der Waals surface area contributed by atoms with Gasteiger partial charge in [0.05, 0.1) is 13.7 Å². The highest BCUT2D eigenvalue weighted by molar-refractivity contribution is 5.77. The minimum atomic E-state index is -0.394. The molecule has 0 bridgehead atoms. The number of benzene rings is 1. The highest BCUT2D eigenvalue weighted by Crippen LogP contribution is 2.36. The van der Waals surface area contributed by atoms with E-state index in [1.54, 1.807) is 32.5 Å². The molecule has 1 aliphatic rings. The number of aromatic nitrogens is 2. The number of carbonyl (C=O) groups is 1. The van der Waals surface area contributed by atoms with Crippen LogP contribution in [0.2, 0.25) is 0 Å². The minimum absolute atomic E-state index is 0.227. The van der Waals surface area contributed by atoms with Crippen molar-refractivity contribution in [3.05, 3.63) is 47.5 Å². The summed E-state index contributed by atoms with van der Waals surface area (Å²) in [5, 5.41) is 3.20. The average molecular weight is 343 g/mol. The van der Waals surface area contributed by atoms with Crippen molar-refractivity contribution in [1.82, 2.24) is 15.3 Å². The summed E-state index contributed by atoms with van der Waals surface area (Å²) in [6.45, 7) is 2.95. The predicted molar refractivity (Wildman–Crippen MR) is 90.3 cm³/mol. The largest absolute Gasteiger partial charge is 0.493 e. The van der Waals surface area contributed by atoms with Crippen LogP contribution in [-0.2, 0) is 29.1 Å². The van der Waals surface area contributed by atoms with Gasteiger partial charge in [0.15, 0.2) is 17.3 Å². The first-order valence-electron chi connectivity index (χ1n) is 8.20. The van der Waals surface area contributed by atoms with E-state index in [2.05, 4.69) is 15.3 Å². The fraction of sp³-hybridized carbons (Fsp3) is 0.389. The molecule has 1 N–H and O–H groups in total. The van der Waals surface area contributed by atoms with Crippen molar-refractivity contribution in [2.75, 3.05) is 13.7 Å². The van der Waals surface area contributed by atoms with Gasteiger partial charge in [-0.3, -0.25) is 4.79 Å². The lowest BCUT2D eigenvalue weighted by atomic mass is 9.94. The summed E-state index contributed by atoms with van der Waals surface area (Å²) in [6.07, 6.45) is 3.82. The van der Waals surface area contributed by atoms with Crippen molar-refractivity contribution in [3.8, 4) is 11.5 Å². The molecule has 7 heteroatoms. The summed E-state index contributed by atoms with van der Waals surface area (Å²) in [4.78, 5) is 20.4. The molecule has 3 rings (SSSR count). The Labute approximate surface area is 146 Å². The van der Waals surface area contributed by atoms with E-state index in [1.165, 1.54) is 0 Å². The molecule has 0 spiro atoms. The number of hydrogen-bond donors (Lipinski definition) is 1. The molecule has 0 saturated carbocycles. The lowest BCUT2D eigenvalue weighted by Gasteiger charge is -2.27. The molecule has 1 aromatic carbocycles. The number of nitrogens with zero attached hydrogens (tertiary/aromatic N) is 2. The Morgan fingerprint density at radius 1 is 1.32 bits per heavy atom. The summed E-state index contributed by atoms with van der Waals surface area (Å²) in [5.41, 5.74) is 2.03. The normalized spacial score (nSPS) is 16.0. The van der Waals surface area contributed by atoms with Gasteiger partial charge in [0.1, 0.15) is 12.6 Å². The third-order valence-corrected chi connectivity index (χ3v) is 4.02. The first-order chi connectivity index (χ1) is 12.2. The third-order valence-electron chi connectivity index (χ3n) is 4.02. The molecular weight excluding hydrogens is 322 g/mol. The van der Waals surface area contributed by atoms with Gasteiger partial charge in [0, 0.05) is 30.9 Å². The number of carbonyl (C=O) groups excluding carboxylic acids is 1. The summed E-state index contributed by atoms with van der Waals surface area (Å²) < 4.78 is 16.5. The zero-order chi connectivity index (χ0) is 17.6. The molecule has 1 atom stereocenters. The maximum absolute atomic E-state index is 12.1. The van der Waals surface area contributed by atoms with Crippen molar-refractivity contribution in [2.24, 2.45) is 0 Å². The highest BCUT2D eigenvalue weighted by atomic mass is 16.5. The quantitative estimate of drug-likeness (QED) is 0.798. The Morgan fingerprint density at radius 2 is 2.12 bits per heavy atom. The number of nitrogens with one attached hydrogen (secondary N) is 1. The zero-order valence-electron chi connectivity index (χ0n) is 14.3. The average Bonchev–Trinajstić information content (AvgIpc) is 2.66. The van der Waals surface area contributed by atoms with Crippen LogP contribution >= 0.6 is 0 Å². The Kier molecular flexibility index (Phi) is 5.45. The number of hydrogen-bond acceptors (Lipinski definition) is 7. The van der Waals surface area contributed by atoms with Crippen molar-refractivity contribution in [3.63, 3.8) is 0 Å². The lowest BCUT2D eigenvalue weighted by molar-refractivity contribution is -0.145. The maximum Gasteiger partial charge on any atom is 0.323 e. The molecule has 0 fully saturated rings. The minimum Gasteiger partial charge on any atom is -0.493 e. The SMILES string of the molecule is CCOC(=O)[C@@H]1Cc2c(ccc(OC)c2OCc2ncccn2)CN1. The first-order valence-corrected chi connectivity index (χ1v) is 8.20. The standard InChI is InChI=1S/C18H21N3O4/c1-3-24-18(22)14-9-13-12(10-21-14)5-6-15(23-2)17(13)25-11-16-19-7-4-8-20-16/h4-8,14,21H,3,9-11H2,1-2H3/t14-/m0/s1. The van der Waals surface area contributed by atoms with Crippen LogP contribution in [0.25, 0.3) is 0 Å². The van der Waals surface area contributed by atoms with Gasteiger partial charge in [-0.25, -0.2) is 9.97 Å². The summed E-state index contributed by atoms with van der Waals surface area (Å²) in [7, 11) is 1.59. The monoisotopic (exact) mass is 343 g/mol. The van der Waals surface area contributed by atoms with Gasteiger partial charge in [-0.15, -0.1) is 0 Å². The van der Waals surface area contributed by atoms with Gasteiger partial charge < -0.3 is 19.5 Å². The van der Waals surface area contributed by atoms with E-state index >= 15 is 0 Å². The molecule has 1 aliphatic heterocycles. The van der Waals surface area contributed by atoms with Gasteiger partial charge in [0.25, 0.3) is 0 Å². The first kappa shape index (κ1) is 17.2. The van der Waals surface area contributed by atoms with E-state index in [4.69, 9.17) is 14.2 Å². The number of rotatable bonds is 6. The van der Waals surface area contributed by atoms with E-state index < -0.39 is 6.04 Å². The third kappa shape index (κ3) is 3.88. The molecule has 0 aliphatic carbocycles. The fourth-order valence-electron chi connectivity index (χ4n) is 2.82. The van der Waals surface area contributed by atoms with Crippen LogP contribution in [0.5, 0.6) is 11.5 Å². The van der Waals surface area contributed by atoms with Crippen molar-refractivity contribution in [2.45, 2.75) is 32.5 Å². The fourth-order valence-corrected chi connectivity index (χ4v) is 2.82. The van der Waals surface area contributed by atoms with E-state index in [1.807, 2.05) is 12.1 Å². The maximum atomic E-state index is 12.1. The lowest BCUT2D eigenvalue weighted by Crippen LogP contribution is -2.43. The Hall–Kier alpha value is -2.67. The molecular formula is C18H21N3O4. The van der Waals surface area contributed by atoms with Crippen LogP contribution in [0.3, 0.4) is 0 Å². The topological polar surface area (TPSA) is 82.6 Å². The molecule has 0 unspecified atom stereocenters. The van der Waals surface area contributed by atoms with E-state index in [0.29, 0.717) is 36.9 Å². The second-order valence-electron chi connectivity index (χ2n) is 5.58. The number of esters is 1. The molecule has 1 aromatic heterocycles. The number of methoxy groups -OCH3 is 1. The summed E-state index contributed by atoms with van der Waals surface area (Å²) >= 11 is 0. The molecule has 0 amide bonds. The van der Waals surface area contributed by atoms with Gasteiger partial charge in [-0.05, 0) is 24.6 Å². The second kappa shape index (κ2) is 7.94. The van der Waals surface area contributed by atoms with Crippen LogP contribution in [0.1, 0.15) is 23.9 Å².